The lowest BCUT2D eigenvalue weighted by Crippen LogP contribution is -2.45. The van der Waals surface area contributed by atoms with Crippen LogP contribution in [0.25, 0.3) is 0 Å². The van der Waals surface area contributed by atoms with Crippen molar-refractivity contribution < 1.29 is 4.79 Å². The molecule has 1 aliphatic heterocycles. The third-order valence-electron chi connectivity index (χ3n) is 6.76. The third-order valence-corrected chi connectivity index (χ3v) is 6.76. The van der Waals surface area contributed by atoms with Gasteiger partial charge >= 0.3 is 0 Å². The highest BCUT2D eigenvalue weighted by atomic mass is 16.2. The highest BCUT2D eigenvalue weighted by Crippen LogP contribution is 2.50. The summed E-state index contributed by atoms with van der Waals surface area (Å²) in [6.07, 6.45) is 11.7. The van der Waals surface area contributed by atoms with Gasteiger partial charge < -0.3 is 4.90 Å². The molecule has 1 saturated heterocycles. The zero-order valence-electron chi connectivity index (χ0n) is 16.6. The van der Waals surface area contributed by atoms with Gasteiger partial charge in [-0.25, -0.2) is 0 Å². The summed E-state index contributed by atoms with van der Waals surface area (Å²) in [7, 11) is 4.04. The van der Waals surface area contributed by atoms with Crippen LogP contribution in [0.1, 0.15) is 57.1 Å². The first-order chi connectivity index (χ1) is 12.6. The van der Waals surface area contributed by atoms with E-state index in [2.05, 4.69) is 28.0 Å². The van der Waals surface area contributed by atoms with Crippen molar-refractivity contribution in [1.82, 2.24) is 19.6 Å². The Morgan fingerprint density at radius 1 is 1.27 bits per heavy atom. The van der Waals surface area contributed by atoms with Gasteiger partial charge in [-0.1, -0.05) is 6.92 Å². The average molecular weight is 359 g/mol. The molecule has 5 heteroatoms. The summed E-state index contributed by atoms with van der Waals surface area (Å²) < 4.78 is 1.90. The van der Waals surface area contributed by atoms with Crippen LogP contribution in [0.4, 0.5) is 0 Å². The second-order valence-electron chi connectivity index (χ2n) is 8.84. The number of carbonyl (C=O) groups excluding carboxylic acids is 1. The van der Waals surface area contributed by atoms with Crippen LogP contribution in [-0.4, -0.2) is 52.2 Å². The van der Waals surface area contributed by atoms with Crippen LogP contribution in [-0.2, 0) is 11.8 Å². The lowest BCUT2D eigenvalue weighted by Gasteiger charge is -2.42. The van der Waals surface area contributed by atoms with Crippen LogP contribution in [0.2, 0.25) is 0 Å². The average Bonchev–Trinajstić information content (AvgIpc) is 3.56. The molecule has 0 radical (unpaired) electrons. The summed E-state index contributed by atoms with van der Waals surface area (Å²) in [4.78, 5) is 17.8. The van der Waals surface area contributed by atoms with Gasteiger partial charge in [-0.3, -0.25) is 14.4 Å². The second-order valence-corrected chi connectivity index (χ2v) is 8.84. The van der Waals surface area contributed by atoms with Crippen molar-refractivity contribution in [2.45, 2.75) is 51.5 Å². The predicted octanol–water partition coefficient (Wildman–Crippen LogP) is 3.09. The van der Waals surface area contributed by atoms with Crippen LogP contribution in [0.15, 0.2) is 12.4 Å². The number of rotatable bonds is 7. The van der Waals surface area contributed by atoms with E-state index in [4.69, 9.17) is 0 Å². The molecule has 2 heterocycles. The highest BCUT2D eigenvalue weighted by molar-refractivity contribution is 5.80. The topological polar surface area (TPSA) is 41.4 Å². The molecule has 0 N–H and O–H groups in total. The first kappa shape index (κ1) is 18.0. The van der Waals surface area contributed by atoms with Crippen molar-refractivity contribution in [1.29, 1.82) is 0 Å². The number of hydrogen-bond acceptors (Lipinski definition) is 3. The zero-order valence-corrected chi connectivity index (χ0v) is 16.6. The summed E-state index contributed by atoms with van der Waals surface area (Å²) in [6, 6.07) is 0.387. The Kier molecular flexibility index (Phi) is 5.09. The molecule has 1 aromatic heterocycles. The molecule has 2 saturated carbocycles. The number of aryl methyl sites for hydroxylation is 1. The quantitative estimate of drug-likeness (QED) is 0.752. The van der Waals surface area contributed by atoms with E-state index >= 15 is 0 Å². The summed E-state index contributed by atoms with van der Waals surface area (Å²) in [6.45, 7) is 5.33. The summed E-state index contributed by atoms with van der Waals surface area (Å²) >= 11 is 0. The molecule has 0 unspecified atom stereocenters. The molecule has 1 aromatic rings. The van der Waals surface area contributed by atoms with Crippen molar-refractivity contribution >= 4 is 5.91 Å². The first-order valence-electron chi connectivity index (χ1n) is 10.6. The number of amides is 1. The molecule has 5 nitrogen and oxygen atoms in total. The molecule has 1 amide bonds. The van der Waals surface area contributed by atoms with Crippen molar-refractivity contribution in [3.05, 3.63) is 18.0 Å². The van der Waals surface area contributed by atoms with E-state index in [1.807, 2.05) is 25.0 Å². The molecule has 3 fully saturated rings. The van der Waals surface area contributed by atoms with Crippen molar-refractivity contribution in [3.63, 3.8) is 0 Å². The maximum absolute atomic E-state index is 13.2. The van der Waals surface area contributed by atoms with Crippen molar-refractivity contribution in [2.75, 3.05) is 26.7 Å². The smallest absolute Gasteiger partial charge is 0.225 e. The molecule has 3 aliphatic rings. The largest absolute Gasteiger partial charge is 0.345 e. The van der Waals surface area contributed by atoms with Crippen LogP contribution in [0.3, 0.4) is 0 Å². The molecule has 4 rings (SSSR count). The molecule has 26 heavy (non-hydrogen) atoms. The Balaban J connectivity index is 1.48. The lowest BCUT2D eigenvalue weighted by atomic mass is 9.85. The number of hydrogen-bond donors (Lipinski definition) is 0. The fraction of sp³-hybridized carbons (Fsp3) is 0.810. The SMILES string of the molecule is CCN1CCC[C@@H](CN(C)C(=O)C(C2CC2)C2CC2)[C@@H]1c1cnn(C)c1. The zero-order chi connectivity index (χ0) is 18.3. The van der Waals surface area contributed by atoms with E-state index in [-0.39, 0.29) is 0 Å². The van der Waals surface area contributed by atoms with E-state index in [1.54, 1.807) is 0 Å². The molecule has 2 atom stereocenters. The van der Waals surface area contributed by atoms with E-state index in [0.717, 1.165) is 19.6 Å². The summed E-state index contributed by atoms with van der Waals surface area (Å²) in [5.74, 6) is 2.62. The Bertz CT molecular complexity index is 622. The molecule has 0 spiro atoms. The van der Waals surface area contributed by atoms with Crippen molar-refractivity contribution in [2.24, 2.45) is 30.7 Å². The van der Waals surface area contributed by atoms with Crippen LogP contribution in [0, 0.1) is 23.7 Å². The number of aromatic nitrogens is 2. The number of nitrogens with zero attached hydrogens (tertiary/aromatic N) is 4. The summed E-state index contributed by atoms with van der Waals surface area (Å²) in [5, 5.41) is 4.41. The summed E-state index contributed by atoms with van der Waals surface area (Å²) in [5.41, 5.74) is 1.31. The van der Waals surface area contributed by atoms with Gasteiger partial charge in [0.2, 0.25) is 5.91 Å². The van der Waals surface area contributed by atoms with E-state index < -0.39 is 0 Å². The second kappa shape index (κ2) is 7.34. The lowest BCUT2D eigenvalue weighted by molar-refractivity contribution is -0.136. The van der Waals surface area contributed by atoms with Gasteiger partial charge in [-0.15, -0.1) is 0 Å². The minimum absolute atomic E-state index is 0.322. The first-order valence-corrected chi connectivity index (χ1v) is 10.6. The maximum Gasteiger partial charge on any atom is 0.225 e. The minimum Gasteiger partial charge on any atom is -0.345 e. The molecule has 144 valence electrons. The fourth-order valence-electron chi connectivity index (χ4n) is 5.17. The van der Waals surface area contributed by atoms with Crippen LogP contribution < -0.4 is 0 Å². The normalized spacial score (nSPS) is 27.1. The van der Waals surface area contributed by atoms with Gasteiger partial charge in [-0.05, 0) is 69.4 Å². The predicted molar refractivity (Wildman–Crippen MR) is 102 cm³/mol. The van der Waals surface area contributed by atoms with Crippen molar-refractivity contribution in [3.8, 4) is 0 Å². The fourth-order valence-corrected chi connectivity index (χ4v) is 5.17. The van der Waals surface area contributed by atoms with Gasteiger partial charge in [0.05, 0.1) is 6.20 Å². The van der Waals surface area contributed by atoms with E-state index in [9.17, 15) is 4.79 Å². The monoisotopic (exact) mass is 358 g/mol. The highest BCUT2D eigenvalue weighted by Gasteiger charge is 2.47. The van der Waals surface area contributed by atoms with E-state index in [0.29, 0.717) is 35.6 Å². The molecular weight excluding hydrogens is 324 g/mol. The van der Waals surface area contributed by atoms with Gasteiger partial charge in [0, 0.05) is 44.4 Å². The Morgan fingerprint density at radius 2 is 1.96 bits per heavy atom. The van der Waals surface area contributed by atoms with Crippen LogP contribution in [0.5, 0.6) is 0 Å². The standard InChI is InChI=1S/C21H34N4O/c1-4-25-11-5-6-17(20(25)18-12-22-24(3)14-18)13-23(2)21(26)19(15-7-8-15)16-9-10-16/h12,14-17,19-20H,4-11,13H2,1-3H3/t17-,20+/m0/s1. The maximum atomic E-state index is 13.2. The number of piperidine rings is 1. The number of carbonyl (C=O) groups is 1. The van der Waals surface area contributed by atoms with E-state index in [1.165, 1.54) is 44.1 Å². The molecule has 2 aliphatic carbocycles. The minimum atomic E-state index is 0.322. The van der Waals surface area contributed by atoms with Crippen LogP contribution >= 0.6 is 0 Å². The van der Waals surface area contributed by atoms with Gasteiger partial charge in [-0.2, -0.15) is 5.10 Å². The Hall–Kier alpha value is -1.36. The number of likely N-dealkylation sites (tertiary alicyclic amines) is 1. The third kappa shape index (κ3) is 3.68. The Morgan fingerprint density at radius 3 is 2.50 bits per heavy atom. The molecule has 0 bridgehead atoms. The molecular formula is C21H34N4O. The van der Waals surface area contributed by atoms with Gasteiger partial charge in [0.1, 0.15) is 0 Å². The van der Waals surface area contributed by atoms with Gasteiger partial charge in [0.15, 0.2) is 0 Å². The van der Waals surface area contributed by atoms with Gasteiger partial charge in [0.25, 0.3) is 0 Å². The molecule has 0 aromatic carbocycles. The Labute approximate surface area is 157 Å².